The van der Waals surface area contributed by atoms with Gasteiger partial charge in [0.25, 0.3) is 0 Å². The second kappa shape index (κ2) is 11.1. The third-order valence-corrected chi connectivity index (χ3v) is 4.96. The van der Waals surface area contributed by atoms with Gasteiger partial charge in [0.05, 0.1) is 25.4 Å². The van der Waals surface area contributed by atoms with Crippen LogP contribution < -0.4 is 5.32 Å². The Hall–Kier alpha value is -0.200. The molecular weight excluding hydrogens is 340 g/mol. The molecule has 0 heterocycles. The fourth-order valence-electron chi connectivity index (χ4n) is 3.68. The van der Waals surface area contributed by atoms with E-state index in [1.165, 1.54) is 0 Å². The Labute approximate surface area is 169 Å². The molecule has 1 unspecified atom stereocenters. The first kappa shape index (κ1) is 26.8. The molecule has 0 aliphatic carbocycles. The first-order valence-electron chi connectivity index (χ1n) is 10.5. The lowest BCUT2D eigenvalue weighted by Gasteiger charge is -2.51. The van der Waals surface area contributed by atoms with Gasteiger partial charge in [-0.15, -0.1) is 0 Å². The van der Waals surface area contributed by atoms with Gasteiger partial charge in [0.15, 0.2) is 0 Å². The Kier molecular flexibility index (Phi) is 11.0. The van der Waals surface area contributed by atoms with Crippen LogP contribution in [0.2, 0.25) is 0 Å². The lowest BCUT2D eigenvalue weighted by Crippen LogP contribution is -2.65. The smallest absolute Gasteiger partial charge is 0.0648 e. The molecule has 0 aromatic carbocycles. The van der Waals surface area contributed by atoms with Crippen molar-refractivity contribution < 1.29 is 14.6 Å². The van der Waals surface area contributed by atoms with Gasteiger partial charge in [-0.05, 0) is 82.6 Å². The number of aliphatic hydroxyl groups excluding tert-OH is 1. The molecule has 0 aromatic heterocycles. The first-order valence-corrected chi connectivity index (χ1v) is 10.5. The van der Waals surface area contributed by atoms with Gasteiger partial charge in [0, 0.05) is 35.8 Å². The molecule has 164 valence electrons. The van der Waals surface area contributed by atoms with Crippen molar-refractivity contribution >= 4 is 0 Å². The van der Waals surface area contributed by atoms with Crippen molar-refractivity contribution in [3.8, 4) is 0 Å². The molecule has 2 N–H and O–H groups in total. The van der Waals surface area contributed by atoms with Crippen LogP contribution in [0.5, 0.6) is 0 Å². The van der Waals surface area contributed by atoms with Crippen LogP contribution in [0, 0.1) is 0 Å². The predicted molar refractivity (Wildman–Crippen MR) is 115 cm³/mol. The van der Waals surface area contributed by atoms with Gasteiger partial charge in [-0.1, -0.05) is 0 Å². The van der Waals surface area contributed by atoms with E-state index in [0.717, 1.165) is 19.6 Å². The monoisotopic (exact) mass is 388 g/mol. The molecular formula is C22H48N2O3. The summed E-state index contributed by atoms with van der Waals surface area (Å²) in [5.41, 5.74) is -0.533. The lowest BCUT2D eigenvalue weighted by atomic mass is 9.91. The zero-order valence-corrected chi connectivity index (χ0v) is 20.0. The van der Waals surface area contributed by atoms with E-state index in [4.69, 9.17) is 9.47 Å². The summed E-state index contributed by atoms with van der Waals surface area (Å²) in [5, 5.41) is 13.7. The van der Waals surface area contributed by atoms with Crippen molar-refractivity contribution in [3.05, 3.63) is 0 Å². The van der Waals surface area contributed by atoms with E-state index in [1.807, 2.05) is 0 Å². The molecule has 0 aromatic rings. The molecule has 5 heteroatoms. The van der Waals surface area contributed by atoms with Gasteiger partial charge in [-0.2, -0.15) is 0 Å². The predicted octanol–water partition coefficient (Wildman–Crippen LogP) is 3.83. The average molecular weight is 389 g/mol. The Balaban J connectivity index is 5.07. The molecule has 0 fully saturated rings. The topological polar surface area (TPSA) is 54.0 Å². The maximum absolute atomic E-state index is 10.0. The van der Waals surface area contributed by atoms with Crippen molar-refractivity contribution in [2.45, 2.75) is 117 Å². The number of hydrogen-bond donors (Lipinski definition) is 2. The summed E-state index contributed by atoms with van der Waals surface area (Å²) in [7, 11) is 0. The Morgan fingerprint density at radius 2 is 1.37 bits per heavy atom. The quantitative estimate of drug-likeness (QED) is 0.474. The molecule has 0 saturated carbocycles. The van der Waals surface area contributed by atoms with Gasteiger partial charge in [-0.25, -0.2) is 0 Å². The van der Waals surface area contributed by atoms with Gasteiger partial charge in [0.2, 0.25) is 0 Å². The number of nitrogens with zero attached hydrogens (tertiary/aromatic N) is 1. The summed E-state index contributed by atoms with van der Waals surface area (Å²) in [6.45, 7) is 25.8. The van der Waals surface area contributed by atoms with E-state index < -0.39 is 0 Å². The van der Waals surface area contributed by atoms with Crippen LogP contribution in [0.25, 0.3) is 0 Å². The standard InChI is InChI=1S/C22H48N2O3/c1-17(2)26-13-12-20(6,7)23-14-19(5)24(21(8,9)15-25)22(10,11)16-27-18(3)4/h17-19,23,25H,12-16H2,1-11H3. The average Bonchev–Trinajstić information content (AvgIpc) is 2.50. The number of hydrogen-bond acceptors (Lipinski definition) is 5. The molecule has 0 bridgehead atoms. The molecule has 0 spiro atoms. The number of rotatable bonds is 14. The highest BCUT2D eigenvalue weighted by Crippen LogP contribution is 2.29. The van der Waals surface area contributed by atoms with Crippen LogP contribution >= 0.6 is 0 Å². The highest BCUT2D eigenvalue weighted by atomic mass is 16.5. The van der Waals surface area contributed by atoms with Gasteiger partial charge < -0.3 is 19.9 Å². The van der Waals surface area contributed by atoms with Crippen molar-refractivity contribution in [2.75, 3.05) is 26.4 Å². The number of aliphatic hydroxyl groups is 1. The summed E-state index contributed by atoms with van der Waals surface area (Å²) >= 11 is 0. The third kappa shape index (κ3) is 10.2. The van der Waals surface area contributed by atoms with Crippen LogP contribution in [0.3, 0.4) is 0 Å². The van der Waals surface area contributed by atoms with E-state index in [-0.39, 0.29) is 41.5 Å². The summed E-state index contributed by atoms with van der Waals surface area (Å²) < 4.78 is 11.7. The van der Waals surface area contributed by atoms with Gasteiger partial charge >= 0.3 is 0 Å². The third-order valence-electron chi connectivity index (χ3n) is 4.96. The molecule has 0 aliphatic heterocycles. The van der Waals surface area contributed by atoms with E-state index >= 15 is 0 Å². The van der Waals surface area contributed by atoms with E-state index in [1.54, 1.807) is 0 Å². The SMILES string of the molecule is CC(C)OCCC(C)(C)NCC(C)N(C(C)(C)CO)C(C)(C)COC(C)C. The molecule has 0 aliphatic rings. The zero-order valence-electron chi connectivity index (χ0n) is 20.0. The Bertz CT molecular complexity index is 406. The van der Waals surface area contributed by atoms with Crippen LogP contribution in [0.1, 0.15) is 82.6 Å². The summed E-state index contributed by atoms with van der Waals surface area (Å²) in [6.07, 6.45) is 1.42. The van der Waals surface area contributed by atoms with Crippen LogP contribution in [0.15, 0.2) is 0 Å². The normalized spacial score (nSPS) is 15.2. The largest absolute Gasteiger partial charge is 0.394 e. The van der Waals surface area contributed by atoms with Crippen molar-refractivity contribution in [1.29, 1.82) is 0 Å². The maximum Gasteiger partial charge on any atom is 0.0648 e. The molecule has 1 atom stereocenters. The van der Waals surface area contributed by atoms with Crippen LogP contribution in [-0.4, -0.2) is 71.2 Å². The number of ether oxygens (including phenoxy) is 2. The second-order valence-corrected chi connectivity index (χ2v) is 10.3. The molecule has 0 amide bonds. The summed E-state index contributed by atoms with van der Waals surface area (Å²) in [4.78, 5) is 2.40. The first-order chi connectivity index (χ1) is 12.1. The Morgan fingerprint density at radius 3 is 1.81 bits per heavy atom. The van der Waals surface area contributed by atoms with E-state index in [2.05, 4.69) is 86.4 Å². The lowest BCUT2D eigenvalue weighted by molar-refractivity contribution is -0.0897. The molecule has 0 rings (SSSR count). The van der Waals surface area contributed by atoms with Gasteiger partial charge in [-0.3, -0.25) is 4.90 Å². The minimum absolute atomic E-state index is 0.00322. The fraction of sp³-hybridized carbons (Fsp3) is 1.00. The minimum atomic E-state index is -0.337. The molecule has 0 radical (unpaired) electrons. The highest BCUT2D eigenvalue weighted by Gasteiger charge is 2.41. The van der Waals surface area contributed by atoms with Gasteiger partial charge in [0.1, 0.15) is 0 Å². The molecule has 0 saturated heterocycles. The summed E-state index contributed by atoms with van der Waals surface area (Å²) in [6, 6.07) is 0.239. The number of nitrogens with one attached hydrogen (secondary N) is 1. The zero-order chi connectivity index (χ0) is 21.5. The van der Waals surface area contributed by atoms with Crippen molar-refractivity contribution in [2.24, 2.45) is 0 Å². The molecule has 5 nitrogen and oxygen atoms in total. The second-order valence-electron chi connectivity index (χ2n) is 10.3. The maximum atomic E-state index is 10.0. The van der Waals surface area contributed by atoms with Crippen molar-refractivity contribution in [1.82, 2.24) is 10.2 Å². The summed E-state index contributed by atoms with van der Waals surface area (Å²) in [5.74, 6) is 0. The van der Waals surface area contributed by atoms with Crippen molar-refractivity contribution in [3.63, 3.8) is 0 Å². The molecule has 27 heavy (non-hydrogen) atoms. The Morgan fingerprint density at radius 1 is 0.852 bits per heavy atom. The highest BCUT2D eigenvalue weighted by molar-refractivity contribution is 4.96. The van der Waals surface area contributed by atoms with E-state index in [0.29, 0.717) is 6.61 Å². The van der Waals surface area contributed by atoms with Crippen LogP contribution in [-0.2, 0) is 9.47 Å². The fourth-order valence-corrected chi connectivity index (χ4v) is 3.68. The van der Waals surface area contributed by atoms with Crippen LogP contribution in [0.4, 0.5) is 0 Å². The minimum Gasteiger partial charge on any atom is -0.394 e. The van der Waals surface area contributed by atoms with E-state index in [9.17, 15) is 5.11 Å².